The number of piperidine rings is 1. The molecule has 1 aromatic heterocycles. The number of fused-ring (bicyclic) bond motifs is 1. The molecule has 0 N–H and O–H groups in total. The van der Waals surface area contributed by atoms with Gasteiger partial charge in [0, 0.05) is 19.0 Å². The number of rotatable bonds is 5. The fourth-order valence-electron chi connectivity index (χ4n) is 3.47. The first-order valence-corrected chi connectivity index (χ1v) is 9.02. The van der Waals surface area contributed by atoms with Gasteiger partial charge in [-0.25, -0.2) is 4.98 Å². The number of hydrogen-bond donors (Lipinski definition) is 0. The maximum atomic E-state index is 8.95. The monoisotopic (exact) mass is 347 g/mol. The minimum Gasteiger partial charge on any atom is -0.492 e. The quantitative estimate of drug-likeness (QED) is 0.699. The van der Waals surface area contributed by atoms with Crippen LogP contribution in [0.5, 0.6) is 5.75 Å². The molecule has 2 aromatic carbocycles. The summed E-state index contributed by atoms with van der Waals surface area (Å²) in [7, 11) is 0. The first kappa shape index (κ1) is 16.6. The second kappa shape index (κ2) is 7.59. The zero-order chi connectivity index (χ0) is 17.8. The van der Waals surface area contributed by atoms with Gasteiger partial charge in [-0.3, -0.25) is 4.90 Å². The Bertz CT molecular complexity index is 895. The summed E-state index contributed by atoms with van der Waals surface area (Å²) in [6.45, 7) is 3.47. The van der Waals surface area contributed by atoms with E-state index >= 15 is 0 Å². The summed E-state index contributed by atoms with van der Waals surface area (Å²) in [5, 5.41) is 8.95. The number of nitriles is 1. The van der Waals surface area contributed by atoms with Crippen LogP contribution in [0.25, 0.3) is 11.1 Å². The molecule has 0 amide bonds. The molecule has 132 valence electrons. The van der Waals surface area contributed by atoms with E-state index in [1.807, 2.05) is 36.4 Å². The van der Waals surface area contributed by atoms with Crippen molar-refractivity contribution in [2.45, 2.75) is 18.8 Å². The average molecular weight is 347 g/mol. The Morgan fingerprint density at radius 1 is 1.23 bits per heavy atom. The molecule has 2 heterocycles. The fraction of sp³-hybridized carbons (Fsp3) is 0.333. The van der Waals surface area contributed by atoms with Crippen LogP contribution < -0.4 is 4.74 Å². The van der Waals surface area contributed by atoms with Crippen LogP contribution in [0.4, 0.5) is 0 Å². The van der Waals surface area contributed by atoms with E-state index in [1.54, 1.807) is 12.1 Å². The third-order valence-corrected chi connectivity index (χ3v) is 4.80. The molecule has 0 saturated carbocycles. The molecular formula is C21H21N3O2. The predicted octanol–water partition coefficient (Wildman–Crippen LogP) is 3.96. The summed E-state index contributed by atoms with van der Waals surface area (Å²) < 4.78 is 11.8. The van der Waals surface area contributed by atoms with Gasteiger partial charge in [0.15, 0.2) is 11.5 Å². The highest BCUT2D eigenvalue weighted by atomic mass is 16.5. The van der Waals surface area contributed by atoms with Crippen LogP contribution in [0, 0.1) is 11.3 Å². The molecule has 1 atom stereocenters. The molecule has 0 bridgehead atoms. The molecule has 1 aliphatic rings. The number of aromatic nitrogens is 1. The summed E-state index contributed by atoms with van der Waals surface area (Å²) in [6.07, 6.45) is 2.24. The van der Waals surface area contributed by atoms with E-state index in [-0.39, 0.29) is 0 Å². The number of likely N-dealkylation sites (tertiary alicyclic amines) is 1. The van der Waals surface area contributed by atoms with Crippen LogP contribution in [0.15, 0.2) is 52.9 Å². The first-order chi connectivity index (χ1) is 12.8. The molecule has 26 heavy (non-hydrogen) atoms. The van der Waals surface area contributed by atoms with Crippen molar-refractivity contribution in [3.63, 3.8) is 0 Å². The zero-order valence-corrected chi connectivity index (χ0v) is 14.6. The lowest BCUT2D eigenvalue weighted by atomic mass is 9.98. The van der Waals surface area contributed by atoms with Gasteiger partial charge in [0.25, 0.3) is 0 Å². The smallest absolute Gasteiger partial charge is 0.199 e. The maximum Gasteiger partial charge on any atom is 0.199 e. The van der Waals surface area contributed by atoms with Crippen LogP contribution >= 0.6 is 0 Å². The molecule has 1 saturated heterocycles. The van der Waals surface area contributed by atoms with Crippen LogP contribution in [-0.2, 0) is 0 Å². The van der Waals surface area contributed by atoms with Gasteiger partial charge in [-0.15, -0.1) is 0 Å². The van der Waals surface area contributed by atoms with E-state index in [0.29, 0.717) is 18.1 Å². The Kier molecular flexibility index (Phi) is 4.85. The lowest BCUT2D eigenvalue weighted by Crippen LogP contribution is -2.37. The minimum atomic E-state index is 0.332. The van der Waals surface area contributed by atoms with E-state index in [9.17, 15) is 0 Å². The topological polar surface area (TPSA) is 62.3 Å². The first-order valence-electron chi connectivity index (χ1n) is 9.02. The SMILES string of the molecule is N#Cc1cccc(OCCN2CCC[C@H](c3nc4ccccc4o3)C2)c1. The van der Waals surface area contributed by atoms with Crippen molar-refractivity contribution in [1.29, 1.82) is 5.26 Å². The Balaban J connectivity index is 1.34. The second-order valence-corrected chi connectivity index (χ2v) is 6.65. The largest absolute Gasteiger partial charge is 0.492 e. The highest BCUT2D eigenvalue weighted by Gasteiger charge is 2.25. The highest BCUT2D eigenvalue weighted by Crippen LogP contribution is 2.28. The van der Waals surface area contributed by atoms with E-state index in [2.05, 4.69) is 16.0 Å². The van der Waals surface area contributed by atoms with E-state index < -0.39 is 0 Å². The number of hydrogen-bond acceptors (Lipinski definition) is 5. The van der Waals surface area contributed by atoms with Crippen molar-refractivity contribution in [3.8, 4) is 11.8 Å². The van der Waals surface area contributed by atoms with Gasteiger partial charge in [0.05, 0.1) is 11.6 Å². The number of ether oxygens (including phenoxy) is 1. The standard InChI is InChI=1S/C21H21N3O2/c22-14-16-5-3-7-18(13-16)25-12-11-24-10-4-6-17(15-24)21-23-19-8-1-2-9-20(19)26-21/h1-3,5,7-9,13,17H,4,6,10-12,15H2/t17-/m0/s1. The van der Waals surface area contributed by atoms with E-state index in [4.69, 9.17) is 14.4 Å². The van der Waals surface area contributed by atoms with Gasteiger partial charge >= 0.3 is 0 Å². The molecule has 5 heteroatoms. The van der Waals surface area contributed by atoms with Crippen LogP contribution in [-0.4, -0.2) is 36.1 Å². The summed E-state index contributed by atoms with van der Waals surface area (Å²) >= 11 is 0. The summed E-state index contributed by atoms with van der Waals surface area (Å²) in [5.74, 6) is 1.92. The number of nitrogens with zero attached hydrogens (tertiary/aromatic N) is 3. The van der Waals surface area contributed by atoms with Gasteiger partial charge in [-0.05, 0) is 49.7 Å². The van der Waals surface area contributed by atoms with Crippen LogP contribution in [0.1, 0.15) is 30.2 Å². The van der Waals surface area contributed by atoms with Crippen molar-refractivity contribution in [1.82, 2.24) is 9.88 Å². The zero-order valence-electron chi connectivity index (χ0n) is 14.6. The highest BCUT2D eigenvalue weighted by molar-refractivity contribution is 5.72. The molecular weight excluding hydrogens is 326 g/mol. The number of oxazole rings is 1. The van der Waals surface area contributed by atoms with Crippen molar-refractivity contribution < 1.29 is 9.15 Å². The molecule has 1 fully saturated rings. The van der Waals surface area contributed by atoms with Crippen molar-refractivity contribution in [2.24, 2.45) is 0 Å². The van der Waals surface area contributed by atoms with Gasteiger partial charge < -0.3 is 9.15 Å². The second-order valence-electron chi connectivity index (χ2n) is 6.65. The van der Waals surface area contributed by atoms with Gasteiger partial charge in [-0.1, -0.05) is 18.2 Å². The third-order valence-electron chi connectivity index (χ3n) is 4.80. The van der Waals surface area contributed by atoms with Crippen molar-refractivity contribution >= 4 is 11.1 Å². The Labute approximate surface area is 152 Å². The lowest BCUT2D eigenvalue weighted by molar-refractivity contribution is 0.162. The molecule has 4 rings (SSSR count). The average Bonchev–Trinajstić information content (AvgIpc) is 3.13. The van der Waals surface area contributed by atoms with Crippen LogP contribution in [0.3, 0.4) is 0 Å². The fourth-order valence-corrected chi connectivity index (χ4v) is 3.47. The Morgan fingerprint density at radius 2 is 2.15 bits per heavy atom. The third kappa shape index (κ3) is 3.71. The Hall–Kier alpha value is -2.84. The van der Waals surface area contributed by atoms with Gasteiger partial charge in [0.1, 0.15) is 17.9 Å². The van der Waals surface area contributed by atoms with E-state index in [1.165, 1.54) is 0 Å². The molecule has 0 unspecified atom stereocenters. The number of para-hydroxylation sites is 2. The summed E-state index contributed by atoms with van der Waals surface area (Å²) in [4.78, 5) is 7.06. The molecule has 5 nitrogen and oxygen atoms in total. The summed E-state index contributed by atoms with van der Waals surface area (Å²) in [6, 6.07) is 17.3. The lowest BCUT2D eigenvalue weighted by Gasteiger charge is -2.31. The maximum absolute atomic E-state index is 8.95. The molecule has 0 aliphatic carbocycles. The molecule has 1 aliphatic heterocycles. The van der Waals surface area contributed by atoms with Crippen molar-refractivity contribution in [2.75, 3.05) is 26.2 Å². The molecule has 0 radical (unpaired) electrons. The predicted molar refractivity (Wildman–Crippen MR) is 99.1 cm³/mol. The Morgan fingerprint density at radius 3 is 3.04 bits per heavy atom. The normalized spacial score (nSPS) is 17.9. The van der Waals surface area contributed by atoms with E-state index in [0.717, 1.165) is 55.2 Å². The van der Waals surface area contributed by atoms with Gasteiger partial charge in [0.2, 0.25) is 0 Å². The number of benzene rings is 2. The molecule has 0 spiro atoms. The molecule has 3 aromatic rings. The van der Waals surface area contributed by atoms with Crippen LogP contribution in [0.2, 0.25) is 0 Å². The summed E-state index contributed by atoms with van der Waals surface area (Å²) in [5.41, 5.74) is 2.41. The van der Waals surface area contributed by atoms with Crippen molar-refractivity contribution in [3.05, 3.63) is 60.0 Å². The minimum absolute atomic E-state index is 0.332. The van der Waals surface area contributed by atoms with Gasteiger partial charge in [-0.2, -0.15) is 5.26 Å².